The van der Waals surface area contributed by atoms with Crippen molar-refractivity contribution in [2.45, 2.75) is 13.8 Å². The Balaban J connectivity index is 2.49. The van der Waals surface area contributed by atoms with E-state index < -0.39 is 17.9 Å². The van der Waals surface area contributed by atoms with Crippen LogP contribution in [-0.4, -0.2) is 39.1 Å². The van der Waals surface area contributed by atoms with E-state index in [1.54, 1.807) is 0 Å². The van der Waals surface area contributed by atoms with E-state index in [9.17, 15) is 14.7 Å². The van der Waals surface area contributed by atoms with Gasteiger partial charge in [-0.15, -0.1) is 4.98 Å². The van der Waals surface area contributed by atoms with Gasteiger partial charge in [0.2, 0.25) is 0 Å². The lowest BCUT2D eigenvalue weighted by atomic mass is 10.2. The highest BCUT2D eigenvalue weighted by atomic mass is 16.6. The molecule has 0 saturated carbocycles. The summed E-state index contributed by atoms with van der Waals surface area (Å²) in [6.45, 7) is 2.43. The van der Waals surface area contributed by atoms with Gasteiger partial charge in [0, 0.05) is 19.4 Å². The first kappa shape index (κ1) is 16.1. The summed E-state index contributed by atoms with van der Waals surface area (Å²) in [6, 6.07) is 3.74. The number of carbonyl (C=O) groups excluding carboxylic acids is 2. The summed E-state index contributed by atoms with van der Waals surface area (Å²) in [6.07, 6.45) is 0. The first-order valence-corrected chi connectivity index (χ1v) is 6.39. The van der Waals surface area contributed by atoms with E-state index >= 15 is 0 Å². The fourth-order valence-corrected chi connectivity index (χ4v) is 1.69. The van der Waals surface area contributed by atoms with Crippen LogP contribution in [0.2, 0.25) is 0 Å². The van der Waals surface area contributed by atoms with Crippen LogP contribution in [0.3, 0.4) is 0 Å². The SMILES string of the molecule is COc1nc(O)nc(-c2ccc(OC(C)=O)c(OC(C)=O)c2)n1. The average Bonchev–Trinajstić information content (AvgIpc) is 2.47. The Morgan fingerprint density at radius 1 is 1.00 bits per heavy atom. The van der Waals surface area contributed by atoms with Crippen LogP contribution in [0.4, 0.5) is 0 Å². The summed E-state index contributed by atoms with van der Waals surface area (Å²) >= 11 is 0. The quantitative estimate of drug-likeness (QED) is 0.652. The Hall–Kier alpha value is -3.23. The minimum atomic E-state index is -0.591. The van der Waals surface area contributed by atoms with Crippen molar-refractivity contribution in [3.8, 4) is 34.9 Å². The van der Waals surface area contributed by atoms with Gasteiger partial charge in [-0.1, -0.05) is 0 Å². The Morgan fingerprint density at radius 3 is 2.26 bits per heavy atom. The molecule has 1 aromatic heterocycles. The summed E-state index contributed by atoms with van der Waals surface area (Å²) in [7, 11) is 1.34. The maximum Gasteiger partial charge on any atom is 0.322 e. The number of aromatic hydroxyl groups is 1. The molecule has 0 aliphatic carbocycles. The zero-order chi connectivity index (χ0) is 17.0. The number of methoxy groups -OCH3 is 1. The maximum atomic E-state index is 11.2. The number of rotatable bonds is 4. The number of nitrogens with zero attached hydrogens (tertiary/aromatic N) is 3. The third-order valence-electron chi connectivity index (χ3n) is 2.49. The molecule has 9 heteroatoms. The molecule has 0 saturated heterocycles. The molecule has 0 aliphatic rings. The monoisotopic (exact) mass is 319 g/mol. The fraction of sp³-hybridized carbons (Fsp3) is 0.214. The van der Waals surface area contributed by atoms with Crippen molar-refractivity contribution < 1.29 is 28.9 Å². The molecule has 1 aromatic carbocycles. The summed E-state index contributed by atoms with van der Waals surface area (Å²) in [5.41, 5.74) is 0.396. The molecular formula is C14H13N3O6. The van der Waals surface area contributed by atoms with Crippen LogP contribution in [0.15, 0.2) is 18.2 Å². The number of aromatic nitrogens is 3. The van der Waals surface area contributed by atoms with Gasteiger partial charge in [0.25, 0.3) is 0 Å². The van der Waals surface area contributed by atoms with Crippen LogP contribution in [0, 0.1) is 0 Å². The van der Waals surface area contributed by atoms with Gasteiger partial charge in [-0.25, -0.2) is 0 Å². The number of esters is 2. The van der Waals surface area contributed by atoms with Gasteiger partial charge in [-0.3, -0.25) is 9.59 Å². The van der Waals surface area contributed by atoms with Crippen molar-refractivity contribution in [1.82, 2.24) is 15.0 Å². The molecule has 0 radical (unpaired) electrons. The fourth-order valence-electron chi connectivity index (χ4n) is 1.69. The van der Waals surface area contributed by atoms with E-state index in [1.807, 2.05) is 0 Å². The second kappa shape index (κ2) is 6.69. The number of hydrogen-bond donors (Lipinski definition) is 1. The van der Waals surface area contributed by atoms with Crippen LogP contribution in [0.25, 0.3) is 11.4 Å². The summed E-state index contributed by atoms with van der Waals surface area (Å²) < 4.78 is 14.8. The van der Waals surface area contributed by atoms with Gasteiger partial charge in [0.05, 0.1) is 7.11 Å². The molecule has 2 aromatic rings. The summed E-state index contributed by atoms with van der Waals surface area (Å²) in [5.74, 6) is -0.972. The van der Waals surface area contributed by atoms with E-state index in [-0.39, 0.29) is 23.3 Å². The minimum Gasteiger partial charge on any atom is -0.479 e. The number of ether oxygens (including phenoxy) is 3. The zero-order valence-corrected chi connectivity index (χ0v) is 12.6. The number of hydrogen-bond acceptors (Lipinski definition) is 9. The lowest BCUT2D eigenvalue weighted by molar-refractivity contribution is -0.134. The molecule has 0 amide bonds. The lowest BCUT2D eigenvalue weighted by Gasteiger charge is -2.10. The zero-order valence-electron chi connectivity index (χ0n) is 12.6. The predicted octanol–water partition coefficient (Wildman–Crippen LogP) is 1.10. The topological polar surface area (TPSA) is 121 Å². The average molecular weight is 319 g/mol. The van der Waals surface area contributed by atoms with Crippen molar-refractivity contribution in [2.75, 3.05) is 7.11 Å². The molecule has 120 valence electrons. The molecule has 0 fully saturated rings. The van der Waals surface area contributed by atoms with Gasteiger partial charge in [-0.05, 0) is 18.2 Å². The van der Waals surface area contributed by atoms with Crippen molar-refractivity contribution >= 4 is 11.9 Å². The first-order chi connectivity index (χ1) is 10.9. The lowest BCUT2D eigenvalue weighted by Crippen LogP contribution is -2.07. The van der Waals surface area contributed by atoms with E-state index in [4.69, 9.17) is 14.2 Å². The van der Waals surface area contributed by atoms with Gasteiger partial charge >= 0.3 is 24.0 Å². The largest absolute Gasteiger partial charge is 0.479 e. The van der Waals surface area contributed by atoms with Crippen LogP contribution in [0.1, 0.15) is 13.8 Å². The van der Waals surface area contributed by atoms with Crippen LogP contribution in [0.5, 0.6) is 23.5 Å². The van der Waals surface area contributed by atoms with Crippen molar-refractivity contribution in [1.29, 1.82) is 0 Å². The van der Waals surface area contributed by atoms with E-state index in [1.165, 1.54) is 39.2 Å². The Kier molecular flexibility index (Phi) is 4.69. The van der Waals surface area contributed by atoms with Gasteiger partial charge < -0.3 is 19.3 Å². The third-order valence-corrected chi connectivity index (χ3v) is 2.49. The highest BCUT2D eigenvalue weighted by Gasteiger charge is 2.15. The Labute approximate surface area is 130 Å². The van der Waals surface area contributed by atoms with Gasteiger partial charge in [0.15, 0.2) is 17.3 Å². The molecule has 2 rings (SSSR count). The maximum absolute atomic E-state index is 11.2. The normalized spacial score (nSPS) is 10.0. The molecule has 0 atom stereocenters. The van der Waals surface area contributed by atoms with Crippen molar-refractivity contribution in [3.05, 3.63) is 18.2 Å². The highest BCUT2D eigenvalue weighted by molar-refractivity contribution is 5.75. The molecule has 1 heterocycles. The van der Waals surface area contributed by atoms with Crippen molar-refractivity contribution in [2.24, 2.45) is 0 Å². The van der Waals surface area contributed by atoms with E-state index in [0.717, 1.165) is 0 Å². The Morgan fingerprint density at radius 2 is 1.65 bits per heavy atom. The van der Waals surface area contributed by atoms with Gasteiger partial charge in [-0.2, -0.15) is 9.97 Å². The molecule has 0 bridgehead atoms. The molecule has 23 heavy (non-hydrogen) atoms. The van der Waals surface area contributed by atoms with Crippen LogP contribution < -0.4 is 14.2 Å². The third kappa shape index (κ3) is 4.13. The molecule has 1 N–H and O–H groups in total. The summed E-state index contributed by atoms with van der Waals surface area (Å²) in [5, 5.41) is 9.48. The predicted molar refractivity (Wildman–Crippen MR) is 76.1 cm³/mol. The van der Waals surface area contributed by atoms with Crippen LogP contribution >= 0.6 is 0 Å². The van der Waals surface area contributed by atoms with E-state index in [2.05, 4.69) is 15.0 Å². The Bertz CT molecular complexity index is 762. The van der Waals surface area contributed by atoms with Gasteiger partial charge in [0.1, 0.15) is 0 Å². The standard InChI is InChI=1S/C14H13N3O6/c1-7(18)22-10-5-4-9(6-11(10)23-8(2)19)12-15-13(20)17-14(16-12)21-3/h4-6H,1-3H3,(H,15,16,17,20). The first-order valence-electron chi connectivity index (χ1n) is 6.39. The van der Waals surface area contributed by atoms with Crippen molar-refractivity contribution in [3.63, 3.8) is 0 Å². The number of carbonyl (C=O) groups is 2. The minimum absolute atomic E-state index is 0.0177. The van der Waals surface area contributed by atoms with Crippen LogP contribution in [-0.2, 0) is 9.59 Å². The second-order valence-corrected chi connectivity index (χ2v) is 4.29. The van der Waals surface area contributed by atoms with E-state index in [0.29, 0.717) is 5.56 Å². The molecular weight excluding hydrogens is 306 g/mol. The molecule has 0 aliphatic heterocycles. The number of benzene rings is 1. The molecule has 0 spiro atoms. The molecule has 9 nitrogen and oxygen atoms in total. The second-order valence-electron chi connectivity index (χ2n) is 4.29. The smallest absolute Gasteiger partial charge is 0.322 e. The molecule has 0 unspecified atom stereocenters. The summed E-state index contributed by atoms with van der Waals surface area (Å²) in [4.78, 5) is 33.6. The highest BCUT2D eigenvalue weighted by Crippen LogP contribution is 2.32.